The first-order valence-electron chi connectivity index (χ1n) is 7.05. The minimum atomic E-state index is -0.746. The van der Waals surface area contributed by atoms with Crippen molar-refractivity contribution in [2.45, 2.75) is 26.2 Å². The summed E-state index contributed by atoms with van der Waals surface area (Å²) in [5.41, 5.74) is 0.994. The number of benzene rings is 1. The van der Waals surface area contributed by atoms with Gasteiger partial charge in [-0.2, -0.15) is 0 Å². The molecule has 0 bridgehead atoms. The maximum Gasteiger partial charge on any atom is 0.307 e. The fourth-order valence-electron chi connectivity index (χ4n) is 2.30. The van der Waals surface area contributed by atoms with Gasteiger partial charge in [0.25, 0.3) is 0 Å². The van der Waals surface area contributed by atoms with E-state index in [0.717, 1.165) is 22.6 Å². The van der Waals surface area contributed by atoms with E-state index in [1.54, 1.807) is 18.4 Å². The Hall–Kier alpha value is -1.81. The molecule has 0 amide bonds. The number of ether oxygens (including phenoxy) is 1. The van der Waals surface area contributed by atoms with E-state index in [2.05, 4.69) is 13.0 Å². The second-order valence-corrected chi connectivity index (χ2v) is 6.27. The Kier molecular flexibility index (Phi) is 5.39. The monoisotopic (exact) mass is 304 g/mol. The molecule has 0 radical (unpaired) electrons. The molecule has 3 nitrogen and oxygen atoms in total. The van der Waals surface area contributed by atoms with Crippen LogP contribution in [0.2, 0.25) is 0 Å². The van der Waals surface area contributed by atoms with Crippen molar-refractivity contribution in [3.05, 3.63) is 51.7 Å². The molecule has 1 atom stereocenters. The van der Waals surface area contributed by atoms with Crippen molar-refractivity contribution < 1.29 is 14.6 Å². The normalized spacial score (nSPS) is 12.1. The molecule has 0 spiro atoms. The summed E-state index contributed by atoms with van der Waals surface area (Å²) in [5.74, 6) is -0.384. The van der Waals surface area contributed by atoms with Gasteiger partial charge in [0, 0.05) is 9.75 Å². The predicted octanol–water partition coefficient (Wildman–Crippen LogP) is 3.81. The summed E-state index contributed by atoms with van der Waals surface area (Å²) in [5, 5.41) is 9.46. The predicted molar refractivity (Wildman–Crippen MR) is 85.2 cm³/mol. The van der Waals surface area contributed by atoms with Gasteiger partial charge in [0.05, 0.1) is 13.0 Å². The number of thiophene rings is 1. The molecule has 0 aliphatic heterocycles. The minimum Gasteiger partial charge on any atom is -0.497 e. The second kappa shape index (κ2) is 7.27. The number of aryl methyl sites for hydroxylation is 1. The standard InChI is InChI=1S/C17H20O3S/c1-3-15-7-8-16(21-15)11-13(17(18)19)9-12-5-4-6-14(10-12)20-2/h4-8,10,13H,3,9,11H2,1-2H3,(H,18,19). The Morgan fingerprint density at radius 3 is 2.62 bits per heavy atom. The molecular weight excluding hydrogens is 284 g/mol. The fraction of sp³-hybridized carbons (Fsp3) is 0.353. The van der Waals surface area contributed by atoms with E-state index in [1.807, 2.05) is 30.3 Å². The lowest BCUT2D eigenvalue weighted by molar-refractivity contribution is -0.141. The van der Waals surface area contributed by atoms with Gasteiger partial charge in [0.1, 0.15) is 5.75 Å². The first-order valence-corrected chi connectivity index (χ1v) is 7.87. The lowest BCUT2D eigenvalue weighted by atomic mass is 9.95. The van der Waals surface area contributed by atoms with Crippen LogP contribution in [-0.2, 0) is 24.1 Å². The van der Waals surface area contributed by atoms with Crippen molar-refractivity contribution in [2.24, 2.45) is 5.92 Å². The number of aliphatic carboxylic acids is 1. The summed E-state index contributed by atoms with van der Waals surface area (Å²) in [6.45, 7) is 2.11. The van der Waals surface area contributed by atoms with Crippen molar-refractivity contribution in [3.8, 4) is 5.75 Å². The molecule has 21 heavy (non-hydrogen) atoms. The van der Waals surface area contributed by atoms with Crippen LogP contribution in [0.15, 0.2) is 36.4 Å². The molecule has 2 aromatic rings. The zero-order chi connectivity index (χ0) is 15.2. The summed E-state index contributed by atoms with van der Waals surface area (Å²) in [4.78, 5) is 14.0. The van der Waals surface area contributed by atoms with Gasteiger partial charge in [0.15, 0.2) is 0 Å². The van der Waals surface area contributed by atoms with Crippen LogP contribution < -0.4 is 4.74 Å². The Morgan fingerprint density at radius 1 is 1.24 bits per heavy atom. The van der Waals surface area contributed by atoms with Crippen LogP contribution in [0.1, 0.15) is 22.2 Å². The molecule has 1 aromatic carbocycles. The second-order valence-electron chi connectivity index (χ2n) is 5.02. The molecular formula is C17H20O3S. The van der Waals surface area contributed by atoms with Crippen LogP contribution in [0.25, 0.3) is 0 Å². The lowest BCUT2D eigenvalue weighted by Crippen LogP contribution is -2.18. The Bertz CT molecular complexity index is 604. The van der Waals surface area contributed by atoms with Gasteiger partial charge in [-0.05, 0) is 49.1 Å². The van der Waals surface area contributed by atoms with Gasteiger partial charge < -0.3 is 9.84 Å². The van der Waals surface area contributed by atoms with Gasteiger partial charge in [-0.25, -0.2) is 0 Å². The highest BCUT2D eigenvalue weighted by Crippen LogP contribution is 2.23. The fourth-order valence-corrected chi connectivity index (χ4v) is 3.33. The maximum atomic E-state index is 11.5. The topological polar surface area (TPSA) is 46.5 Å². The zero-order valence-electron chi connectivity index (χ0n) is 12.3. The molecule has 0 saturated carbocycles. The number of hydrogen-bond donors (Lipinski definition) is 1. The van der Waals surface area contributed by atoms with Crippen LogP contribution in [0.5, 0.6) is 5.75 Å². The summed E-state index contributed by atoms with van der Waals surface area (Å²) < 4.78 is 5.19. The van der Waals surface area contributed by atoms with E-state index in [-0.39, 0.29) is 0 Å². The van der Waals surface area contributed by atoms with Gasteiger partial charge in [0.2, 0.25) is 0 Å². The van der Waals surface area contributed by atoms with E-state index >= 15 is 0 Å². The Morgan fingerprint density at radius 2 is 2.00 bits per heavy atom. The summed E-state index contributed by atoms with van der Waals surface area (Å²) in [7, 11) is 1.62. The number of carboxylic acid groups (broad SMARTS) is 1. The quantitative estimate of drug-likeness (QED) is 0.846. The summed E-state index contributed by atoms with van der Waals surface area (Å²) >= 11 is 1.71. The molecule has 1 N–H and O–H groups in total. The Balaban J connectivity index is 2.09. The average Bonchev–Trinajstić information content (AvgIpc) is 2.94. The molecule has 1 unspecified atom stereocenters. The molecule has 0 saturated heterocycles. The number of rotatable bonds is 7. The third-order valence-electron chi connectivity index (χ3n) is 3.48. The van der Waals surface area contributed by atoms with E-state index in [4.69, 9.17) is 4.74 Å². The number of carbonyl (C=O) groups is 1. The molecule has 2 rings (SSSR count). The van der Waals surface area contributed by atoms with Crippen molar-refractivity contribution >= 4 is 17.3 Å². The molecule has 1 aromatic heterocycles. The minimum absolute atomic E-state index is 0.402. The van der Waals surface area contributed by atoms with E-state index in [9.17, 15) is 9.90 Å². The van der Waals surface area contributed by atoms with Crippen LogP contribution in [0.3, 0.4) is 0 Å². The molecule has 112 valence electrons. The van der Waals surface area contributed by atoms with Crippen LogP contribution in [0.4, 0.5) is 0 Å². The lowest BCUT2D eigenvalue weighted by Gasteiger charge is -2.12. The molecule has 0 aliphatic carbocycles. The van der Waals surface area contributed by atoms with Gasteiger partial charge in [-0.15, -0.1) is 11.3 Å². The largest absolute Gasteiger partial charge is 0.497 e. The number of carboxylic acids is 1. The van der Waals surface area contributed by atoms with Gasteiger partial charge in [-0.1, -0.05) is 19.1 Å². The summed E-state index contributed by atoms with van der Waals surface area (Å²) in [6, 6.07) is 11.8. The van der Waals surface area contributed by atoms with Gasteiger partial charge in [-0.3, -0.25) is 4.79 Å². The van der Waals surface area contributed by atoms with E-state index < -0.39 is 11.9 Å². The SMILES string of the molecule is CCc1ccc(CC(Cc2cccc(OC)c2)C(=O)O)s1. The van der Waals surface area contributed by atoms with E-state index in [0.29, 0.717) is 12.8 Å². The Labute approximate surface area is 129 Å². The highest BCUT2D eigenvalue weighted by Gasteiger charge is 2.19. The molecule has 1 heterocycles. The molecule has 0 aliphatic rings. The molecule has 0 fully saturated rings. The number of hydrogen-bond acceptors (Lipinski definition) is 3. The number of methoxy groups -OCH3 is 1. The highest BCUT2D eigenvalue weighted by molar-refractivity contribution is 7.12. The van der Waals surface area contributed by atoms with Gasteiger partial charge >= 0.3 is 5.97 Å². The van der Waals surface area contributed by atoms with Crippen molar-refractivity contribution in [1.82, 2.24) is 0 Å². The van der Waals surface area contributed by atoms with E-state index in [1.165, 1.54) is 4.88 Å². The van der Waals surface area contributed by atoms with Crippen molar-refractivity contribution in [3.63, 3.8) is 0 Å². The van der Waals surface area contributed by atoms with Crippen LogP contribution in [0, 0.1) is 5.92 Å². The van der Waals surface area contributed by atoms with Crippen LogP contribution in [-0.4, -0.2) is 18.2 Å². The first-order chi connectivity index (χ1) is 10.1. The first kappa shape index (κ1) is 15.6. The van der Waals surface area contributed by atoms with Crippen molar-refractivity contribution in [1.29, 1.82) is 0 Å². The third kappa shape index (κ3) is 4.33. The van der Waals surface area contributed by atoms with Crippen LogP contribution >= 0.6 is 11.3 Å². The zero-order valence-corrected chi connectivity index (χ0v) is 13.2. The smallest absolute Gasteiger partial charge is 0.307 e. The third-order valence-corrected chi connectivity index (χ3v) is 4.73. The maximum absolute atomic E-state index is 11.5. The highest BCUT2D eigenvalue weighted by atomic mass is 32.1. The average molecular weight is 304 g/mol. The summed E-state index contributed by atoms with van der Waals surface area (Å²) in [6.07, 6.45) is 2.10. The van der Waals surface area contributed by atoms with Crippen molar-refractivity contribution in [2.75, 3.05) is 7.11 Å². The molecule has 4 heteroatoms.